The molecule has 6 heteroatoms. The molecule has 0 radical (unpaired) electrons. The Morgan fingerprint density at radius 2 is 1.69 bits per heavy atom. The Balaban J connectivity index is 1.15. The van der Waals surface area contributed by atoms with Crippen molar-refractivity contribution in [2.75, 3.05) is 13.1 Å². The second-order valence-corrected chi connectivity index (χ2v) is 10.2. The highest BCUT2D eigenvalue weighted by molar-refractivity contribution is 5.82. The van der Waals surface area contributed by atoms with Gasteiger partial charge in [0.2, 0.25) is 11.8 Å². The summed E-state index contributed by atoms with van der Waals surface area (Å²) in [5.41, 5.74) is 0. The summed E-state index contributed by atoms with van der Waals surface area (Å²) in [6, 6.07) is 1.07. The van der Waals surface area contributed by atoms with E-state index in [1.807, 2.05) is 0 Å². The fourth-order valence-electron chi connectivity index (χ4n) is 6.21. The van der Waals surface area contributed by atoms with Crippen LogP contribution in [-0.4, -0.2) is 49.1 Å². The Kier molecular flexibility index (Phi) is 7.12. The van der Waals surface area contributed by atoms with Crippen LogP contribution in [0.25, 0.3) is 0 Å². The van der Waals surface area contributed by atoms with Gasteiger partial charge in [0.25, 0.3) is 0 Å². The van der Waals surface area contributed by atoms with Gasteiger partial charge in [-0.1, -0.05) is 13.3 Å². The van der Waals surface area contributed by atoms with Gasteiger partial charge in [-0.25, -0.2) is 0 Å². The lowest BCUT2D eigenvalue weighted by molar-refractivity contribution is -0.125. The van der Waals surface area contributed by atoms with Gasteiger partial charge in [0.15, 0.2) is 0 Å². The number of piperidine rings is 1. The van der Waals surface area contributed by atoms with E-state index >= 15 is 0 Å². The largest absolute Gasteiger partial charge is 0.353 e. The average molecular weight is 405 g/mol. The number of amides is 2. The lowest BCUT2D eigenvalue weighted by atomic mass is 9.78. The standard InChI is InChI=1S/C23H40N4O2/c1-15-4-2-6-17-13-20(27-22(15)17)23(29)26-19-9-7-18(8-10-19)25-21(28)12-16-5-3-11-24-14-16/h15-20,22,24,27H,2-14H2,1H3,(H,25,28)(H,26,29). The number of carbonyl (C=O) groups excluding carboxylic acids is 2. The van der Waals surface area contributed by atoms with Gasteiger partial charge in [-0.15, -0.1) is 0 Å². The van der Waals surface area contributed by atoms with Crippen molar-refractivity contribution in [2.45, 2.75) is 102 Å². The summed E-state index contributed by atoms with van der Waals surface area (Å²) in [6.45, 7) is 4.39. The highest BCUT2D eigenvalue weighted by atomic mass is 16.2. The molecule has 4 aliphatic rings. The van der Waals surface area contributed by atoms with E-state index in [4.69, 9.17) is 0 Å². The molecule has 2 aliphatic heterocycles. The van der Waals surface area contributed by atoms with Crippen LogP contribution in [0.1, 0.15) is 77.6 Å². The van der Waals surface area contributed by atoms with Crippen molar-refractivity contribution in [3.8, 4) is 0 Å². The molecular weight excluding hydrogens is 364 g/mol. The Hall–Kier alpha value is -1.14. The number of rotatable bonds is 5. The topological polar surface area (TPSA) is 82.3 Å². The zero-order chi connectivity index (χ0) is 20.2. The second-order valence-electron chi connectivity index (χ2n) is 10.2. The molecule has 2 heterocycles. The van der Waals surface area contributed by atoms with E-state index in [9.17, 15) is 9.59 Å². The van der Waals surface area contributed by atoms with Crippen molar-refractivity contribution in [2.24, 2.45) is 17.8 Å². The molecule has 2 aliphatic carbocycles. The monoisotopic (exact) mass is 404 g/mol. The Labute approximate surface area is 175 Å². The predicted molar refractivity (Wildman–Crippen MR) is 114 cm³/mol. The van der Waals surface area contributed by atoms with Gasteiger partial charge in [0, 0.05) is 24.5 Å². The molecule has 6 nitrogen and oxygen atoms in total. The van der Waals surface area contributed by atoms with Crippen LogP contribution in [-0.2, 0) is 9.59 Å². The van der Waals surface area contributed by atoms with Crippen LogP contribution in [0.15, 0.2) is 0 Å². The summed E-state index contributed by atoms with van der Waals surface area (Å²) in [5.74, 6) is 2.27. The van der Waals surface area contributed by atoms with E-state index in [1.54, 1.807) is 0 Å². The smallest absolute Gasteiger partial charge is 0.237 e. The van der Waals surface area contributed by atoms with E-state index in [1.165, 1.54) is 25.7 Å². The van der Waals surface area contributed by atoms with Crippen molar-refractivity contribution in [1.82, 2.24) is 21.3 Å². The number of hydrogen-bond acceptors (Lipinski definition) is 4. The van der Waals surface area contributed by atoms with E-state index in [-0.39, 0.29) is 29.9 Å². The summed E-state index contributed by atoms with van der Waals surface area (Å²) in [4.78, 5) is 25.1. The molecule has 4 fully saturated rings. The molecule has 2 saturated carbocycles. The molecule has 0 aromatic heterocycles. The number of hydrogen-bond donors (Lipinski definition) is 4. The van der Waals surface area contributed by atoms with E-state index in [0.717, 1.165) is 51.6 Å². The Morgan fingerprint density at radius 3 is 2.38 bits per heavy atom. The molecule has 0 spiro atoms. The minimum Gasteiger partial charge on any atom is -0.353 e. The van der Waals surface area contributed by atoms with Crippen LogP contribution in [0, 0.1) is 17.8 Å². The maximum atomic E-state index is 12.8. The van der Waals surface area contributed by atoms with Gasteiger partial charge in [0.1, 0.15) is 0 Å². The lowest BCUT2D eigenvalue weighted by Crippen LogP contribution is -2.50. The van der Waals surface area contributed by atoms with Crippen molar-refractivity contribution < 1.29 is 9.59 Å². The molecule has 2 amide bonds. The summed E-state index contributed by atoms with van der Waals surface area (Å²) < 4.78 is 0. The van der Waals surface area contributed by atoms with E-state index in [0.29, 0.717) is 30.2 Å². The van der Waals surface area contributed by atoms with Gasteiger partial charge in [-0.3, -0.25) is 9.59 Å². The highest BCUT2D eigenvalue weighted by Gasteiger charge is 2.41. The van der Waals surface area contributed by atoms with Crippen molar-refractivity contribution in [3.63, 3.8) is 0 Å². The van der Waals surface area contributed by atoms with E-state index in [2.05, 4.69) is 28.2 Å². The molecule has 29 heavy (non-hydrogen) atoms. The van der Waals surface area contributed by atoms with Gasteiger partial charge < -0.3 is 21.3 Å². The number of fused-ring (bicyclic) bond motifs is 1. The fourth-order valence-corrected chi connectivity index (χ4v) is 6.21. The van der Waals surface area contributed by atoms with Crippen LogP contribution >= 0.6 is 0 Å². The molecule has 164 valence electrons. The second kappa shape index (κ2) is 9.78. The molecule has 0 aromatic rings. The third-order valence-electron chi connectivity index (χ3n) is 7.92. The van der Waals surface area contributed by atoms with E-state index < -0.39 is 0 Å². The molecule has 5 unspecified atom stereocenters. The first-order valence-corrected chi connectivity index (χ1v) is 12.1. The number of carbonyl (C=O) groups is 2. The van der Waals surface area contributed by atoms with Crippen molar-refractivity contribution in [1.29, 1.82) is 0 Å². The minimum absolute atomic E-state index is 0.00733. The minimum atomic E-state index is -0.00733. The van der Waals surface area contributed by atoms with Gasteiger partial charge >= 0.3 is 0 Å². The van der Waals surface area contributed by atoms with Crippen LogP contribution in [0.4, 0.5) is 0 Å². The van der Waals surface area contributed by atoms with Gasteiger partial charge in [-0.2, -0.15) is 0 Å². The zero-order valence-electron chi connectivity index (χ0n) is 18.1. The fraction of sp³-hybridized carbons (Fsp3) is 0.913. The third-order valence-corrected chi connectivity index (χ3v) is 7.92. The first kappa shape index (κ1) is 21.1. The Morgan fingerprint density at radius 1 is 0.931 bits per heavy atom. The summed E-state index contributed by atoms with van der Waals surface area (Å²) in [7, 11) is 0. The molecule has 2 saturated heterocycles. The Bertz CT molecular complexity index is 569. The lowest BCUT2D eigenvalue weighted by Gasteiger charge is -2.31. The van der Waals surface area contributed by atoms with Crippen molar-refractivity contribution >= 4 is 11.8 Å². The third kappa shape index (κ3) is 5.52. The van der Waals surface area contributed by atoms with Crippen LogP contribution < -0.4 is 21.3 Å². The summed E-state index contributed by atoms with van der Waals surface area (Å²) in [5, 5.41) is 13.6. The summed E-state index contributed by atoms with van der Waals surface area (Å²) >= 11 is 0. The maximum absolute atomic E-state index is 12.8. The molecule has 4 rings (SSSR count). The normalized spacial score (nSPS) is 40.1. The van der Waals surface area contributed by atoms with Gasteiger partial charge in [-0.05, 0) is 88.6 Å². The quantitative estimate of drug-likeness (QED) is 0.566. The molecule has 5 atom stereocenters. The summed E-state index contributed by atoms with van der Waals surface area (Å²) in [6.07, 6.45) is 11.7. The molecule has 0 aromatic carbocycles. The van der Waals surface area contributed by atoms with Crippen LogP contribution in [0.5, 0.6) is 0 Å². The molecule has 4 N–H and O–H groups in total. The van der Waals surface area contributed by atoms with Crippen LogP contribution in [0.2, 0.25) is 0 Å². The highest BCUT2D eigenvalue weighted by Crippen LogP contribution is 2.36. The van der Waals surface area contributed by atoms with Crippen LogP contribution in [0.3, 0.4) is 0 Å². The van der Waals surface area contributed by atoms with Gasteiger partial charge in [0.05, 0.1) is 6.04 Å². The van der Waals surface area contributed by atoms with Crippen molar-refractivity contribution in [3.05, 3.63) is 0 Å². The zero-order valence-corrected chi connectivity index (χ0v) is 18.1. The SMILES string of the molecule is CC1CCCC2CC(C(=O)NC3CCC(NC(=O)CC4CCCNC4)CC3)NC12. The predicted octanol–water partition coefficient (Wildman–Crippen LogP) is 2.09. The first-order chi connectivity index (χ1) is 14.1. The number of nitrogens with one attached hydrogen (secondary N) is 4. The average Bonchev–Trinajstić information content (AvgIpc) is 3.16. The first-order valence-electron chi connectivity index (χ1n) is 12.1. The molecule has 0 bridgehead atoms. The maximum Gasteiger partial charge on any atom is 0.237 e. The molecular formula is C23H40N4O2.